The number of aryl methyl sites for hydroxylation is 2. The zero-order chi connectivity index (χ0) is 20.5. The lowest BCUT2D eigenvalue weighted by Crippen LogP contribution is -2.16. The second-order valence-electron chi connectivity index (χ2n) is 6.26. The third kappa shape index (κ3) is 3.98. The lowest BCUT2D eigenvalue weighted by molar-refractivity contribution is 0.102. The molecule has 1 aromatic carbocycles. The van der Waals surface area contributed by atoms with Gasteiger partial charge in [-0.3, -0.25) is 14.7 Å². The van der Waals surface area contributed by atoms with Gasteiger partial charge in [0.1, 0.15) is 11.5 Å². The molecule has 29 heavy (non-hydrogen) atoms. The number of anilines is 1. The van der Waals surface area contributed by atoms with E-state index < -0.39 is 0 Å². The summed E-state index contributed by atoms with van der Waals surface area (Å²) in [5, 5.41) is 5.96. The number of rotatable bonds is 5. The summed E-state index contributed by atoms with van der Waals surface area (Å²) < 4.78 is 15.0. The van der Waals surface area contributed by atoms with Crippen LogP contribution in [0.5, 0.6) is 0 Å². The minimum Gasteiger partial charge on any atom is -0.296 e. The van der Waals surface area contributed by atoms with Gasteiger partial charge in [-0.1, -0.05) is 11.8 Å². The number of halogens is 1. The van der Waals surface area contributed by atoms with Crippen LogP contribution in [-0.4, -0.2) is 26.7 Å². The summed E-state index contributed by atoms with van der Waals surface area (Å²) in [5.41, 5.74) is 2.97. The first-order valence-electron chi connectivity index (χ1n) is 8.68. The predicted molar refractivity (Wildman–Crippen MR) is 118 cm³/mol. The largest absolute Gasteiger partial charge is 0.296 e. The summed E-state index contributed by atoms with van der Waals surface area (Å²) in [6.07, 6.45) is 3.40. The van der Waals surface area contributed by atoms with Gasteiger partial charge in [0.05, 0.1) is 11.9 Å². The van der Waals surface area contributed by atoms with Crippen molar-refractivity contribution in [3.63, 3.8) is 0 Å². The van der Waals surface area contributed by atoms with Crippen molar-refractivity contribution in [2.45, 2.75) is 19.0 Å². The summed E-state index contributed by atoms with van der Waals surface area (Å²) in [4.78, 5) is 24.2. The van der Waals surface area contributed by atoms with Crippen LogP contribution in [0, 0.1) is 19.7 Å². The maximum Gasteiger partial charge on any atom is 0.276 e. The second-order valence-corrected chi connectivity index (χ2v) is 9.35. The number of amides is 1. The third-order valence-electron chi connectivity index (χ3n) is 4.27. The average molecular weight is 445 g/mol. The van der Waals surface area contributed by atoms with Crippen LogP contribution in [0.2, 0.25) is 0 Å². The molecule has 0 aliphatic carbocycles. The summed E-state index contributed by atoms with van der Waals surface area (Å²) in [6.45, 7) is 4.13. The summed E-state index contributed by atoms with van der Waals surface area (Å²) in [5.74, 6) is -0.652. The Hall–Kier alpha value is -2.49. The van der Waals surface area contributed by atoms with Crippen LogP contribution in [0.1, 0.15) is 20.2 Å². The number of thioether (sulfide) groups is 1. The number of carbonyl (C=O) groups excluding carboxylic acids is 1. The molecule has 0 spiro atoms. The molecule has 0 unspecified atom stereocenters. The maximum absolute atomic E-state index is 13.3. The molecular formula is C20H17FN4OS3. The minimum absolute atomic E-state index is 0.318. The first kappa shape index (κ1) is 19.8. The molecule has 0 radical (unpaired) electrons. The van der Waals surface area contributed by atoms with Crippen molar-refractivity contribution in [1.29, 1.82) is 0 Å². The van der Waals surface area contributed by atoms with Crippen LogP contribution in [0.4, 0.5) is 9.52 Å². The molecule has 0 saturated heterocycles. The fourth-order valence-corrected chi connectivity index (χ4v) is 5.16. The molecule has 4 rings (SSSR count). The highest BCUT2D eigenvalue weighted by Gasteiger charge is 2.19. The van der Waals surface area contributed by atoms with Crippen molar-refractivity contribution in [2.24, 2.45) is 0 Å². The fourth-order valence-electron chi connectivity index (χ4n) is 2.98. The summed E-state index contributed by atoms with van der Waals surface area (Å²) in [7, 11) is 0. The van der Waals surface area contributed by atoms with E-state index >= 15 is 0 Å². The molecule has 9 heteroatoms. The number of hydrogen-bond acceptors (Lipinski definition) is 6. The number of aromatic nitrogens is 3. The van der Waals surface area contributed by atoms with Crippen LogP contribution >= 0.6 is 34.4 Å². The van der Waals surface area contributed by atoms with E-state index in [0.717, 1.165) is 11.3 Å². The monoisotopic (exact) mass is 444 g/mol. The second kappa shape index (κ2) is 8.10. The van der Waals surface area contributed by atoms with Gasteiger partial charge in [-0.25, -0.2) is 14.4 Å². The van der Waals surface area contributed by atoms with Crippen LogP contribution in [-0.2, 0) is 0 Å². The first-order chi connectivity index (χ1) is 14.0. The molecule has 5 nitrogen and oxygen atoms in total. The highest BCUT2D eigenvalue weighted by atomic mass is 32.2. The Kier molecular flexibility index (Phi) is 5.53. The van der Waals surface area contributed by atoms with Gasteiger partial charge in [-0.05, 0) is 50.4 Å². The Bertz CT molecular complexity index is 1180. The molecule has 0 aliphatic heterocycles. The molecule has 1 N–H and O–H groups in total. The number of carbonyl (C=O) groups is 1. The van der Waals surface area contributed by atoms with Crippen molar-refractivity contribution in [2.75, 3.05) is 11.6 Å². The number of benzene rings is 1. The van der Waals surface area contributed by atoms with E-state index in [-0.39, 0.29) is 11.7 Å². The minimum atomic E-state index is -0.333. The maximum atomic E-state index is 13.3. The molecule has 1 amide bonds. The summed E-state index contributed by atoms with van der Waals surface area (Å²) in [6, 6.07) is 8.07. The van der Waals surface area contributed by atoms with E-state index in [0.29, 0.717) is 21.7 Å². The third-order valence-corrected chi connectivity index (χ3v) is 6.65. The normalized spacial score (nSPS) is 11.0. The smallest absolute Gasteiger partial charge is 0.276 e. The number of nitrogens with one attached hydrogen (secondary N) is 1. The highest BCUT2D eigenvalue weighted by Crippen LogP contribution is 2.33. The lowest BCUT2D eigenvalue weighted by Gasteiger charge is -2.10. The van der Waals surface area contributed by atoms with Gasteiger partial charge in [0.25, 0.3) is 5.91 Å². The summed E-state index contributed by atoms with van der Waals surface area (Å²) >= 11 is 4.52. The quantitative estimate of drug-likeness (QED) is 0.396. The standard InChI is InChI=1S/C20H17FN4OS3/c1-11-8-15(12(2)29-11)16-10-28-19(23-16)24-18(26)17-9-22-20(27-3)25(17)14-6-4-13(21)5-7-14/h4-10H,1-3H3,(H,23,24,26). The molecule has 0 atom stereocenters. The predicted octanol–water partition coefficient (Wildman–Crippen LogP) is 5.79. The molecule has 0 aliphatic rings. The lowest BCUT2D eigenvalue weighted by atomic mass is 10.2. The Morgan fingerprint density at radius 1 is 1.24 bits per heavy atom. The van der Waals surface area contributed by atoms with Gasteiger partial charge < -0.3 is 0 Å². The van der Waals surface area contributed by atoms with Crippen LogP contribution < -0.4 is 5.32 Å². The molecule has 4 aromatic rings. The van der Waals surface area contributed by atoms with Gasteiger partial charge in [-0.15, -0.1) is 22.7 Å². The van der Waals surface area contributed by atoms with Gasteiger partial charge >= 0.3 is 0 Å². The number of thiophene rings is 1. The van der Waals surface area contributed by atoms with Crippen molar-refractivity contribution in [1.82, 2.24) is 14.5 Å². The molecular weight excluding hydrogens is 427 g/mol. The number of hydrogen-bond donors (Lipinski definition) is 1. The van der Waals surface area contributed by atoms with E-state index in [4.69, 9.17) is 0 Å². The van der Waals surface area contributed by atoms with E-state index in [1.165, 1.54) is 51.2 Å². The molecule has 0 bridgehead atoms. The van der Waals surface area contributed by atoms with E-state index in [9.17, 15) is 9.18 Å². The Morgan fingerprint density at radius 2 is 2.00 bits per heavy atom. The van der Waals surface area contributed by atoms with Crippen LogP contribution in [0.3, 0.4) is 0 Å². The Labute approximate surface area is 179 Å². The average Bonchev–Trinajstić information content (AvgIpc) is 3.40. The fraction of sp³-hybridized carbons (Fsp3) is 0.150. The van der Waals surface area contributed by atoms with Crippen molar-refractivity contribution < 1.29 is 9.18 Å². The van der Waals surface area contributed by atoms with Gasteiger partial charge in [0, 0.05) is 26.4 Å². The highest BCUT2D eigenvalue weighted by molar-refractivity contribution is 7.98. The molecule has 3 heterocycles. The van der Waals surface area contributed by atoms with E-state index in [1.54, 1.807) is 28.0 Å². The zero-order valence-corrected chi connectivity index (χ0v) is 18.3. The van der Waals surface area contributed by atoms with Gasteiger partial charge in [0.2, 0.25) is 0 Å². The van der Waals surface area contributed by atoms with Gasteiger partial charge in [0.15, 0.2) is 10.3 Å². The molecule has 0 fully saturated rings. The van der Waals surface area contributed by atoms with Crippen molar-refractivity contribution in [3.8, 4) is 16.9 Å². The molecule has 148 valence electrons. The van der Waals surface area contributed by atoms with Crippen molar-refractivity contribution >= 4 is 45.5 Å². The van der Waals surface area contributed by atoms with Gasteiger partial charge in [-0.2, -0.15) is 0 Å². The Balaban J connectivity index is 1.62. The van der Waals surface area contributed by atoms with E-state index in [2.05, 4.69) is 35.2 Å². The first-order valence-corrected chi connectivity index (χ1v) is 11.6. The Morgan fingerprint density at radius 3 is 2.66 bits per heavy atom. The SMILES string of the molecule is CSc1ncc(C(=O)Nc2nc(-c3cc(C)sc3C)cs2)n1-c1ccc(F)cc1. The topological polar surface area (TPSA) is 59.8 Å². The van der Waals surface area contributed by atoms with Crippen LogP contribution in [0.15, 0.2) is 47.1 Å². The number of thiazole rings is 1. The van der Waals surface area contributed by atoms with Crippen LogP contribution in [0.25, 0.3) is 16.9 Å². The number of nitrogens with zero attached hydrogens (tertiary/aromatic N) is 3. The van der Waals surface area contributed by atoms with E-state index in [1.807, 2.05) is 11.6 Å². The molecule has 0 saturated carbocycles. The van der Waals surface area contributed by atoms with Crippen molar-refractivity contribution in [3.05, 3.63) is 63.2 Å². The zero-order valence-electron chi connectivity index (χ0n) is 15.9. The molecule has 3 aromatic heterocycles. The number of imidazole rings is 1.